The Morgan fingerprint density at radius 1 is 1.03 bits per heavy atom. The number of aromatic nitrogens is 1. The van der Waals surface area contributed by atoms with Crippen LogP contribution in [0.3, 0.4) is 0 Å². The van der Waals surface area contributed by atoms with Crippen molar-refractivity contribution in [3.63, 3.8) is 0 Å². The summed E-state index contributed by atoms with van der Waals surface area (Å²) in [5.74, 6) is 0.636. The second kappa shape index (κ2) is 8.17. The molecule has 1 saturated heterocycles. The first kappa shape index (κ1) is 19.3. The Labute approximate surface area is 174 Å². The largest absolute Gasteiger partial charge is 0.497 e. The number of amides is 2. The van der Waals surface area contributed by atoms with E-state index in [9.17, 15) is 9.59 Å². The lowest BCUT2D eigenvalue weighted by Crippen LogP contribution is -2.51. The van der Waals surface area contributed by atoms with E-state index in [1.165, 1.54) is 0 Å². The normalized spacial score (nSPS) is 14.3. The lowest BCUT2D eigenvalue weighted by atomic mass is 10.1. The smallest absolute Gasteiger partial charge is 0.270 e. The molecular weight excluding hydrogens is 390 g/mol. The number of carbonyl (C=O) groups excluding carboxylic acids is 2. The van der Waals surface area contributed by atoms with Crippen molar-refractivity contribution in [2.24, 2.45) is 0 Å². The summed E-state index contributed by atoms with van der Waals surface area (Å²) in [6.07, 6.45) is 0.235. The van der Waals surface area contributed by atoms with Crippen molar-refractivity contribution in [1.29, 1.82) is 0 Å². The van der Waals surface area contributed by atoms with Crippen LogP contribution < -0.4 is 4.74 Å². The number of ether oxygens (including phenoxy) is 1. The molecule has 3 aromatic rings. The van der Waals surface area contributed by atoms with Crippen molar-refractivity contribution < 1.29 is 14.3 Å². The van der Waals surface area contributed by atoms with E-state index in [0.29, 0.717) is 42.6 Å². The van der Waals surface area contributed by atoms with Crippen molar-refractivity contribution >= 4 is 34.3 Å². The molecule has 6 nitrogen and oxygen atoms in total. The zero-order valence-electron chi connectivity index (χ0n) is 16.2. The Hall–Kier alpha value is -2.99. The van der Waals surface area contributed by atoms with Gasteiger partial charge in [0.05, 0.1) is 13.5 Å². The van der Waals surface area contributed by atoms with Gasteiger partial charge in [0.25, 0.3) is 5.91 Å². The molecule has 4 rings (SSSR count). The zero-order valence-corrected chi connectivity index (χ0v) is 16.9. The molecule has 0 bridgehead atoms. The van der Waals surface area contributed by atoms with Gasteiger partial charge in [-0.2, -0.15) is 0 Å². The molecule has 29 heavy (non-hydrogen) atoms. The van der Waals surface area contributed by atoms with Crippen molar-refractivity contribution in [2.75, 3.05) is 33.3 Å². The predicted molar refractivity (Wildman–Crippen MR) is 112 cm³/mol. The van der Waals surface area contributed by atoms with Crippen LogP contribution in [-0.4, -0.2) is 59.9 Å². The van der Waals surface area contributed by atoms with E-state index in [4.69, 9.17) is 16.3 Å². The number of aromatic amines is 1. The molecule has 1 N–H and O–H groups in total. The van der Waals surface area contributed by atoms with E-state index in [-0.39, 0.29) is 18.2 Å². The number of benzene rings is 2. The SMILES string of the molecule is COc1ccc(CC(=O)N2CCN(C(=O)c3cc4ccccc4[nH]3)CC2)c(Cl)c1. The maximum absolute atomic E-state index is 12.8. The highest BCUT2D eigenvalue weighted by atomic mass is 35.5. The van der Waals surface area contributed by atoms with Crippen molar-refractivity contribution in [3.05, 3.63) is 64.8 Å². The van der Waals surface area contributed by atoms with E-state index >= 15 is 0 Å². The van der Waals surface area contributed by atoms with E-state index in [1.807, 2.05) is 36.4 Å². The summed E-state index contributed by atoms with van der Waals surface area (Å²) in [6, 6.07) is 15.0. The number of hydrogen-bond donors (Lipinski definition) is 1. The predicted octanol–water partition coefficient (Wildman–Crippen LogP) is 3.36. The van der Waals surface area contributed by atoms with Crippen LogP contribution >= 0.6 is 11.6 Å². The molecule has 0 unspecified atom stereocenters. The summed E-state index contributed by atoms with van der Waals surface area (Å²) in [5, 5.41) is 1.53. The van der Waals surface area contributed by atoms with E-state index in [1.54, 1.807) is 29.0 Å². The number of halogens is 1. The van der Waals surface area contributed by atoms with Gasteiger partial charge in [-0.15, -0.1) is 0 Å². The lowest BCUT2D eigenvalue weighted by molar-refractivity contribution is -0.131. The molecule has 1 fully saturated rings. The molecule has 2 amide bonds. The second-order valence-electron chi connectivity index (χ2n) is 7.08. The van der Waals surface area contributed by atoms with E-state index in [2.05, 4.69) is 4.98 Å². The second-order valence-corrected chi connectivity index (χ2v) is 7.48. The number of fused-ring (bicyclic) bond motifs is 1. The fourth-order valence-corrected chi connectivity index (χ4v) is 3.83. The number of H-pyrrole nitrogens is 1. The number of rotatable bonds is 4. The molecule has 1 aliphatic rings. The van der Waals surface area contributed by atoms with Crippen LogP contribution in [0.25, 0.3) is 10.9 Å². The molecule has 2 aromatic carbocycles. The van der Waals surface area contributed by atoms with Crippen LogP contribution in [0.2, 0.25) is 5.02 Å². The molecule has 0 radical (unpaired) electrons. The first-order valence-electron chi connectivity index (χ1n) is 9.52. The monoisotopic (exact) mass is 411 g/mol. The summed E-state index contributed by atoms with van der Waals surface area (Å²) in [6.45, 7) is 2.05. The summed E-state index contributed by atoms with van der Waals surface area (Å²) < 4.78 is 5.14. The molecule has 7 heteroatoms. The van der Waals surface area contributed by atoms with Crippen molar-refractivity contribution in [3.8, 4) is 5.75 Å². The highest BCUT2D eigenvalue weighted by Crippen LogP contribution is 2.23. The number of nitrogens with zero attached hydrogens (tertiary/aromatic N) is 2. The van der Waals surface area contributed by atoms with Gasteiger partial charge in [0.15, 0.2) is 0 Å². The van der Waals surface area contributed by atoms with Gasteiger partial charge in [0.1, 0.15) is 11.4 Å². The number of hydrogen-bond acceptors (Lipinski definition) is 3. The molecule has 0 aliphatic carbocycles. The summed E-state index contributed by atoms with van der Waals surface area (Å²) in [4.78, 5) is 32.2. The molecule has 0 saturated carbocycles. The minimum absolute atomic E-state index is 0.00905. The lowest BCUT2D eigenvalue weighted by Gasteiger charge is -2.34. The molecule has 1 aliphatic heterocycles. The average Bonchev–Trinajstić information content (AvgIpc) is 3.19. The van der Waals surface area contributed by atoms with Gasteiger partial charge < -0.3 is 19.5 Å². The van der Waals surface area contributed by atoms with Gasteiger partial charge >= 0.3 is 0 Å². The maximum atomic E-state index is 12.8. The summed E-state index contributed by atoms with van der Waals surface area (Å²) in [5.41, 5.74) is 2.30. The zero-order chi connectivity index (χ0) is 20.4. The molecule has 0 spiro atoms. The Morgan fingerprint density at radius 2 is 1.76 bits per heavy atom. The van der Waals surface area contributed by atoms with Gasteiger partial charge in [-0.3, -0.25) is 9.59 Å². The van der Waals surface area contributed by atoms with Gasteiger partial charge in [0, 0.05) is 42.1 Å². The number of nitrogens with one attached hydrogen (secondary N) is 1. The van der Waals surface area contributed by atoms with E-state index < -0.39 is 0 Å². The van der Waals surface area contributed by atoms with Crippen LogP contribution in [0.4, 0.5) is 0 Å². The fourth-order valence-electron chi connectivity index (χ4n) is 3.59. The number of piperazine rings is 1. The molecule has 1 aromatic heterocycles. The Morgan fingerprint density at radius 3 is 2.45 bits per heavy atom. The third-order valence-electron chi connectivity index (χ3n) is 5.28. The number of para-hydroxylation sites is 1. The van der Waals surface area contributed by atoms with Crippen molar-refractivity contribution in [2.45, 2.75) is 6.42 Å². The molecule has 150 valence electrons. The summed E-state index contributed by atoms with van der Waals surface area (Å²) >= 11 is 6.25. The first-order valence-corrected chi connectivity index (χ1v) is 9.90. The Kier molecular flexibility index (Phi) is 5.45. The highest BCUT2D eigenvalue weighted by molar-refractivity contribution is 6.31. The van der Waals surface area contributed by atoms with Crippen molar-refractivity contribution in [1.82, 2.24) is 14.8 Å². The molecule has 2 heterocycles. The minimum Gasteiger partial charge on any atom is -0.497 e. The topological polar surface area (TPSA) is 65.6 Å². The standard InChI is InChI=1S/C22H22ClN3O3/c1-29-17-7-6-15(18(23)14-17)13-21(27)25-8-10-26(11-9-25)22(28)20-12-16-4-2-3-5-19(16)24-20/h2-7,12,14,24H,8-11,13H2,1H3. The van der Waals surface area contributed by atoms with Gasteiger partial charge in [-0.05, 0) is 29.8 Å². The third-order valence-corrected chi connectivity index (χ3v) is 5.63. The quantitative estimate of drug-likeness (QED) is 0.716. The van der Waals surface area contributed by atoms with Gasteiger partial charge in [-0.25, -0.2) is 0 Å². The van der Waals surface area contributed by atoms with Gasteiger partial charge in [-0.1, -0.05) is 35.9 Å². The summed E-state index contributed by atoms with van der Waals surface area (Å²) in [7, 11) is 1.58. The Bertz CT molecular complexity index is 1020. The van der Waals surface area contributed by atoms with E-state index in [0.717, 1.165) is 16.5 Å². The molecule has 0 atom stereocenters. The first-order chi connectivity index (χ1) is 14.0. The third kappa shape index (κ3) is 4.07. The number of methoxy groups -OCH3 is 1. The van der Waals surface area contributed by atoms with Crippen LogP contribution in [0.15, 0.2) is 48.5 Å². The van der Waals surface area contributed by atoms with Crippen LogP contribution in [0.1, 0.15) is 16.1 Å². The van der Waals surface area contributed by atoms with Crippen LogP contribution in [0, 0.1) is 0 Å². The average molecular weight is 412 g/mol. The molecular formula is C22H22ClN3O3. The fraction of sp³-hybridized carbons (Fsp3) is 0.273. The van der Waals surface area contributed by atoms with Crippen LogP contribution in [0.5, 0.6) is 5.75 Å². The maximum Gasteiger partial charge on any atom is 0.270 e. The number of carbonyl (C=O) groups is 2. The Balaban J connectivity index is 1.36. The highest BCUT2D eigenvalue weighted by Gasteiger charge is 2.26. The van der Waals surface area contributed by atoms with Gasteiger partial charge in [0.2, 0.25) is 5.91 Å². The van der Waals surface area contributed by atoms with Crippen LogP contribution in [-0.2, 0) is 11.2 Å². The minimum atomic E-state index is -0.0357.